The van der Waals surface area contributed by atoms with Crippen molar-refractivity contribution >= 4 is 0 Å². The van der Waals surface area contributed by atoms with Crippen LogP contribution in [-0.4, -0.2) is 0 Å². The van der Waals surface area contributed by atoms with Crippen molar-refractivity contribution in [1.29, 1.82) is 0 Å². The van der Waals surface area contributed by atoms with Gasteiger partial charge in [-0.2, -0.15) is 0 Å². The van der Waals surface area contributed by atoms with Crippen LogP contribution in [0.4, 0.5) is 0 Å². The van der Waals surface area contributed by atoms with Gasteiger partial charge in [-0.3, -0.25) is 0 Å². The highest BCUT2D eigenvalue weighted by molar-refractivity contribution is 5.66. The lowest BCUT2D eigenvalue weighted by Gasteiger charge is -2.22. The molecule has 0 aliphatic rings. The Morgan fingerprint density at radius 2 is 1.05 bits per heavy atom. The highest BCUT2D eigenvalue weighted by Gasteiger charge is 2.17. The zero-order valence-corrected chi connectivity index (χ0v) is 30.9. The van der Waals surface area contributed by atoms with Gasteiger partial charge in [0.25, 0.3) is 0 Å². The van der Waals surface area contributed by atoms with Gasteiger partial charge in [-0.15, -0.1) is 0 Å². The Labute approximate surface area is 272 Å². The highest BCUT2D eigenvalue weighted by atomic mass is 14.2. The minimum absolute atomic E-state index is 0.187. The minimum atomic E-state index is 0.187. The van der Waals surface area contributed by atoms with Gasteiger partial charge >= 0.3 is 0 Å². The van der Waals surface area contributed by atoms with E-state index in [-0.39, 0.29) is 16.2 Å². The quantitative estimate of drug-likeness (QED) is 0.223. The molecule has 0 aliphatic heterocycles. The number of hydrogen-bond donors (Lipinski definition) is 0. The van der Waals surface area contributed by atoms with Crippen LogP contribution in [0.3, 0.4) is 0 Å². The van der Waals surface area contributed by atoms with Gasteiger partial charge in [0.2, 0.25) is 0 Å². The van der Waals surface area contributed by atoms with Crippen molar-refractivity contribution < 1.29 is 0 Å². The zero-order valence-electron chi connectivity index (χ0n) is 30.9. The van der Waals surface area contributed by atoms with E-state index in [0.29, 0.717) is 0 Å². The van der Waals surface area contributed by atoms with E-state index in [1.54, 1.807) is 0 Å². The Hall–Kier alpha value is -3.12. The predicted molar refractivity (Wildman–Crippen MR) is 198 cm³/mol. The molecule has 0 heteroatoms. The van der Waals surface area contributed by atoms with E-state index in [1.165, 1.54) is 62.1 Å². The fraction of sp³-hybridized carbons (Fsp3) is 0.455. The van der Waals surface area contributed by atoms with Crippen molar-refractivity contribution in [2.75, 3.05) is 0 Å². The van der Waals surface area contributed by atoms with Gasteiger partial charge < -0.3 is 0 Å². The third-order valence-corrected chi connectivity index (χ3v) is 7.96. The fourth-order valence-electron chi connectivity index (χ4n) is 5.40. The number of benzene rings is 4. The van der Waals surface area contributed by atoms with Gasteiger partial charge in [-0.25, -0.2) is 0 Å². The molecule has 4 aromatic carbocycles. The molecule has 0 saturated heterocycles. The summed E-state index contributed by atoms with van der Waals surface area (Å²) in [6, 6.07) is 31.3. The topological polar surface area (TPSA) is 0 Å². The van der Waals surface area contributed by atoms with Gasteiger partial charge in [0.1, 0.15) is 0 Å². The van der Waals surface area contributed by atoms with Crippen LogP contribution in [0.2, 0.25) is 0 Å². The molecule has 0 atom stereocenters. The largest absolute Gasteiger partial charge is 0.0625 e. The monoisotopic (exact) mass is 590 g/mol. The molecule has 0 radical (unpaired) electrons. The molecule has 0 N–H and O–H groups in total. The second kappa shape index (κ2) is 15.2. The molecular formula is C44H62. The van der Waals surface area contributed by atoms with E-state index >= 15 is 0 Å². The molecule has 0 spiro atoms. The maximum Gasteiger partial charge on any atom is -0.0129 e. The van der Waals surface area contributed by atoms with Crippen LogP contribution < -0.4 is 0 Å². The second-order valence-electron chi connectivity index (χ2n) is 16.3. The van der Waals surface area contributed by atoms with E-state index < -0.39 is 0 Å². The molecule has 0 nitrogen and oxygen atoms in total. The van der Waals surface area contributed by atoms with Crippen molar-refractivity contribution in [1.82, 2.24) is 0 Å². The maximum absolute atomic E-state index is 2.33. The predicted octanol–water partition coefficient (Wildman–Crippen LogP) is 13.1. The molecule has 44 heavy (non-hydrogen) atoms. The normalized spacial score (nSPS) is 11.8. The molecule has 0 heterocycles. The third kappa shape index (κ3) is 12.1. The molecule has 0 amide bonds. The summed E-state index contributed by atoms with van der Waals surface area (Å²) in [5.41, 5.74) is 14.4. The number of aryl methyl sites for hydroxylation is 4. The summed E-state index contributed by atoms with van der Waals surface area (Å²) < 4.78 is 0. The Morgan fingerprint density at radius 3 is 1.52 bits per heavy atom. The van der Waals surface area contributed by atoms with Gasteiger partial charge in [0, 0.05) is 0 Å². The van der Waals surface area contributed by atoms with Crippen molar-refractivity contribution in [3.8, 4) is 11.1 Å². The van der Waals surface area contributed by atoms with E-state index in [2.05, 4.69) is 189 Å². The molecule has 0 bridgehead atoms. The Bertz CT molecular complexity index is 1460. The van der Waals surface area contributed by atoms with E-state index in [4.69, 9.17) is 0 Å². The lowest BCUT2D eigenvalue weighted by molar-refractivity contribution is 0.585. The summed E-state index contributed by atoms with van der Waals surface area (Å²) >= 11 is 0. The van der Waals surface area contributed by atoms with Crippen LogP contribution in [0.15, 0.2) is 84.9 Å². The summed E-state index contributed by atoms with van der Waals surface area (Å²) in [6.07, 6.45) is 1.20. The molecule has 4 rings (SSSR count). The summed E-state index contributed by atoms with van der Waals surface area (Å²) in [6.45, 7) is 33.5. The second-order valence-corrected chi connectivity index (χ2v) is 16.3. The minimum Gasteiger partial charge on any atom is -0.0625 e. The van der Waals surface area contributed by atoms with Crippen LogP contribution in [-0.2, 0) is 22.7 Å². The lowest BCUT2D eigenvalue weighted by Crippen LogP contribution is -2.13. The van der Waals surface area contributed by atoms with Crippen LogP contribution >= 0.6 is 0 Å². The Kier molecular flexibility index (Phi) is 12.8. The van der Waals surface area contributed by atoms with Crippen LogP contribution in [0, 0.1) is 33.6 Å². The standard InChI is InChI=1S/C21H28.C12H18.C11H16/c1-15-12-17(14-19(13-15)21(5,6)7)16-8-10-18(11-9-16)20(2,3)4;1-9-6-7-10(2)11(8-9)12(3,4)5;1-9(2)7-11-6-4-5-10(3)8-11/h8-14H,1-7H3;6-8H,1-5H3;4-6,8-9H,7H2,1-3H3. The third-order valence-electron chi connectivity index (χ3n) is 7.96. The van der Waals surface area contributed by atoms with Crippen molar-refractivity contribution in [2.24, 2.45) is 5.92 Å². The molecule has 0 saturated carbocycles. The number of hydrogen-bond acceptors (Lipinski definition) is 0. The Balaban J connectivity index is 0.000000250. The van der Waals surface area contributed by atoms with Crippen molar-refractivity contribution in [3.05, 3.63) is 129 Å². The first-order valence-electron chi connectivity index (χ1n) is 16.5. The van der Waals surface area contributed by atoms with Gasteiger partial charge in [-0.05, 0) is 95.2 Å². The van der Waals surface area contributed by atoms with E-state index in [1.807, 2.05) is 0 Å². The van der Waals surface area contributed by atoms with Crippen molar-refractivity contribution in [3.63, 3.8) is 0 Å². The van der Waals surface area contributed by atoms with Gasteiger partial charge in [0.15, 0.2) is 0 Å². The summed E-state index contributed by atoms with van der Waals surface area (Å²) in [7, 11) is 0. The highest BCUT2D eigenvalue weighted by Crippen LogP contribution is 2.31. The SMILES string of the molecule is Cc1cc(-c2ccc(C(C)(C)C)cc2)cc(C(C)(C)C)c1.Cc1ccc(C)c(C(C)(C)C)c1.Cc1cccc(CC(C)C)c1. The van der Waals surface area contributed by atoms with Crippen LogP contribution in [0.25, 0.3) is 11.1 Å². The average molecular weight is 591 g/mol. The molecule has 0 fully saturated rings. The molecule has 4 aromatic rings. The smallest absolute Gasteiger partial charge is 0.0129 e. The molecular weight excluding hydrogens is 528 g/mol. The average Bonchev–Trinajstić information content (AvgIpc) is 2.89. The van der Waals surface area contributed by atoms with Crippen LogP contribution in [0.1, 0.15) is 121 Å². The van der Waals surface area contributed by atoms with Crippen LogP contribution in [0.5, 0.6) is 0 Å². The summed E-state index contributed by atoms with van der Waals surface area (Å²) in [5, 5.41) is 0. The summed E-state index contributed by atoms with van der Waals surface area (Å²) in [4.78, 5) is 0. The summed E-state index contributed by atoms with van der Waals surface area (Å²) in [5.74, 6) is 0.761. The van der Waals surface area contributed by atoms with Gasteiger partial charge in [0.05, 0.1) is 0 Å². The van der Waals surface area contributed by atoms with E-state index in [9.17, 15) is 0 Å². The van der Waals surface area contributed by atoms with Crippen molar-refractivity contribution in [2.45, 2.75) is 127 Å². The first-order chi connectivity index (χ1) is 20.2. The van der Waals surface area contributed by atoms with E-state index in [0.717, 1.165) is 5.92 Å². The van der Waals surface area contributed by atoms with Gasteiger partial charge in [-0.1, -0.05) is 178 Å². The maximum atomic E-state index is 2.33. The number of rotatable bonds is 3. The Morgan fingerprint density at radius 1 is 0.477 bits per heavy atom. The molecule has 0 unspecified atom stereocenters. The fourth-order valence-corrected chi connectivity index (χ4v) is 5.40. The molecule has 0 aliphatic carbocycles. The molecule has 0 aromatic heterocycles. The lowest BCUT2D eigenvalue weighted by atomic mass is 9.83. The zero-order chi connectivity index (χ0) is 33.5. The first-order valence-corrected chi connectivity index (χ1v) is 16.5. The molecule has 238 valence electrons. The first kappa shape index (κ1) is 37.1.